The first-order valence-corrected chi connectivity index (χ1v) is 7.16. The van der Waals surface area contributed by atoms with Crippen molar-refractivity contribution in [3.63, 3.8) is 0 Å². The van der Waals surface area contributed by atoms with E-state index in [4.69, 9.17) is 10.5 Å². The molecule has 0 saturated carbocycles. The van der Waals surface area contributed by atoms with E-state index in [2.05, 4.69) is 31.9 Å². The predicted molar refractivity (Wildman–Crippen MR) is 85.2 cm³/mol. The van der Waals surface area contributed by atoms with Crippen LogP contribution in [0.3, 0.4) is 0 Å². The van der Waals surface area contributed by atoms with E-state index >= 15 is 0 Å². The molecule has 3 N–H and O–H groups in total. The summed E-state index contributed by atoms with van der Waals surface area (Å²) in [5, 5.41) is 7.64. The first-order valence-electron chi connectivity index (χ1n) is 7.16. The van der Waals surface area contributed by atoms with Gasteiger partial charge in [-0.05, 0) is 13.0 Å². The molecule has 0 bridgehead atoms. The Bertz CT molecular complexity index is 715. The topological polar surface area (TPSA) is 93.6 Å². The van der Waals surface area contributed by atoms with Gasteiger partial charge in [-0.15, -0.1) is 5.10 Å². The van der Waals surface area contributed by atoms with Crippen molar-refractivity contribution in [1.29, 1.82) is 0 Å². The van der Waals surface area contributed by atoms with Crippen molar-refractivity contribution in [3.05, 3.63) is 30.8 Å². The summed E-state index contributed by atoms with van der Waals surface area (Å²) in [4.78, 5) is 11.1. The van der Waals surface area contributed by atoms with E-state index < -0.39 is 0 Å². The van der Waals surface area contributed by atoms with E-state index in [0.29, 0.717) is 23.2 Å². The smallest absolute Gasteiger partial charge is 0.225 e. The largest absolute Gasteiger partial charge is 0.462 e. The van der Waals surface area contributed by atoms with Gasteiger partial charge in [-0.2, -0.15) is 9.50 Å². The molecule has 0 aromatic carbocycles. The fraction of sp³-hybridized carbons (Fsp3) is 0.357. The number of piperazine rings is 1. The SMILES string of the molecule is C=CO/C(=C\C)c1nc2cc(N3CCNCC3)nc(N)n2n1. The third kappa shape index (κ3) is 2.60. The number of anilines is 2. The molecular formula is C14H19N7O. The second-order valence-corrected chi connectivity index (χ2v) is 4.85. The van der Waals surface area contributed by atoms with Crippen molar-refractivity contribution in [3.8, 4) is 0 Å². The first-order chi connectivity index (χ1) is 10.7. The summed E-state index contributed by atoms with van der Waals surface area (Å²) in [5.74, 6) is 2.10. The number of nitrogens with two attached hydrogens (primary N) is 1. The van der Waals surface area contributed by atoms with Gasteiger partial charge in [0.1, 0.15) is 5.82 Å². The Morgan fingerprint density at radius 2 is 2.18 bits per heavy atom. The van der Waals surface area contributed by atoms with Crippen LogP contribution in [0.4, 0.5) is 11.8 Å². The number of nitrogen functional groups attached to an aromatic ring is 1. The van der Waals surface area contributed by atoms with Gasteiger partial charge in [0.2, 0.25) is 11.8 Å². The van der Waals surface area contributed by atoms with Gasteiger partial charge >= 0.3 is 0 Å². The standard InChI is InChI=1S/C14H19N7O/c1-3-10(22-4-2)13-17-12-9-11(18-14(15)21(12)19-13)20-7-5-16-6-8-20/h3-4,9,16H,2,5-8H2,1H3,(H2,15,18)/b10-3-. The monoisotopic (exact) mass is 301 g/mol. The normalized spacial score (nSPS) is 16.0. The van der Waals surface area contributed by atoms with Crippen LogP contribution < -0.4 is 16.0 Å². The van der Waals surface area contributed by atoms with Crippen molar-refractivity contribution in [1.82, 2.24) is 24.9 Å². The number of ether oxygens (including phenoxy) is 1. The van der Waals surface area contributed by atoms with Crippen molar-refractivity contribution in [2.75, 3.05) is 36.8 Å². The Labute approximate surface area is 128 Å². The number of hydrogen-bond acceptors (Lipinski definition) is 7. The van der Waals surface area contributed by atoms with Crippen LogP contribution in [0.15, 0.2) is 25.0 Å². The molecule has 8 heteroatoms. The molecule has 0 radical (unpaired) electrons. The van der Waals surface area contributed by atoms with Gasteiger partial charge in [0, 0.05) is 32.2 Å². The van der Waals surface area contributed by atoms with Crippen LogP contribution in [-0.4, -0.2) is 45.8 Å². The molecule has 2 aromatic rings. The summed E-state index contributed by atoms with van der Waals surface area (Å²) in [6.45, 7) is 9.04. The molecular weight excluding hydrogens is 282 g/mol. The summed E-state index contributed by atoms with van der Waals surface area (Å²) in [7, 11) is 0. The molecule has 1 aliphatic heterocycles. The van der Waals surface area contributed by atoms with Crippen LogP contribution in [0.5, 0.6) is 0 Å². The Balaban J connectivity index is 2.00. The lowest BCUT2D eigenvalue weighted by atomic mass is 10.3. The zero-order valence-corrected chi connectivity index (χ0v) is 12.5. The van der Waals surface area contributed by atoms with Crippen LogP contribution >= 0.6 is 0 Å². The average Bonchev–Trinajstić information content (AvgIpc) is 2.98. The van der Waals surface area contributed by atoms with Gasteiger partial charge in [-0.3, -0.25) is 0 Å². The van der Waals surface area contributed by atoms with Crippen molar-refractivity contribution in [2.24, 2.45) is 0 Å². The van der Waals surface area contributed by atoms with E-state index in [1.165, 1.54) is 10.8 Å². The van der Waals surface area contributed by atoms with Gasteiger partial charge in [0.25, 0.3) is 0 Å². The van der Waals surface area contributed by atoms with Crippen LogP contribution in [-0.2, 0) is 4.74 Å². The number of nitrogens with one attached hydrogen (secondary N) is 1. The molecule has 22 heavy (non-hydrogen) atoms. The van der Waals surface area contributed by atoms with Crippen LogP contribution in [0.2, 0.25) is 0 Å². The minimum Gasteiger partial charge on any atom is -0.462 e. The highest BCUT2D eigenvalue weighted by molar-refractivity contribution is 5.60. The number of hydrogen-bond donors (Lipinski definition) is 2. The highest BCUT2D eigenvalue weighted by atomic mass is 16.5. The predicted octanol–water partition coefficient (Wildman–Crippen LogP) is 0.637. The molecule has 0 unspecified atom stereocenters. The fourth-order valence-corrected chi connectivity index (χ4v) is 2.40. The molecule has 116 valence electrons. The number of allylic oxidation sites excluding steroid dienone is 1. The Morgan fingerprint density at radius 3 is 2.86 bits per heavy atom. The van der Waals surface area contributed by atoms with Crippen molar-refractivity contribution >= 4 is 23.2 Å². The Hall–Kier alpha value is -2.61. The van der Waals surface area contributed by atoms with Crippen LogP contribution in [0.1, 0.15) is 12.7 Å². The van der Waals surface area contributed by atoms with E-state index in [1.807, 2.05) is 13.0 Å². The maximum Gasteiger partial charge on any atom is 0.225 e. The summed E-state index contributed by atoms with van der Waals surface area (Å²) < 4.78 is 6.81. The van der Waals surface area contributed by atoms with Gasteiger partial charge < -0.3 is 20.7 Å². The molecule has 2 aromatic heterocycles. The molecule has 0 atom stereocenters. The lowest BCUT2D eigenvalue weighted by Crippen LogP contribution is -2.44. The third-order valence-corrected chi connectivity index (χ3v) is 3.47. The molecule has 0 aliphatic carbocycles. The highest BCUT2D eigenvalue weighted by Crippen LogP contribution is 2.19. The van der Waals surface area contributed by atoms with Gasteiger partial charge in [-0.25, -0.2) is 4.98 Å². The Morgan fingerprint density at radius 1 is 1.41 bits per heavy atom. The number of nitrogens with zero attached hydrogens (tertiary/aromatic N) is 5. The highest BCUT2D eigenvalue weighted by Gasteiger charge is 2.17. The van der Waals surface area contributed by atoms with Gasteiger partial charge in [0.05, 0.1) is 6.26 Å². The molecule has 1 aliphatic rings. The lowest BCUT2D eigenvalue weighted by molar-refractivity contribution is 0.433. The number of fused-ring (bicyclic) bond motifs is 1. The zero-order valence-electron chi connectivity index (χ0n) is 12.5. The summed E-state index contributed by atoms with van der Waals surface area (Å²) in [6.07, 6.45) is 3.12. The number of rotatable bonds is 4. The molecule has 8 nitrogen and oxygen atoms in total. The quantitative estimate of drug-likeness (QED) is 0.800. The van der Waals surface area contributed by atoms with Crippen molar-refractivity contribution in [2.45, 2.75) is 6.92 Å². The molecule has 0 amide bonds. The molecule has 3 heterocycles. The van der Waals surface area contributed by atoms with Gasteiger partial charge in [-0.1, -0.05) is 6.58 Å². The van der Waals surface area contributed by atoms with E-state index in [9.17, 15) is 0 Å². The fourth-order valence-electron chi connectivity index (χ4n) is 2.40. The maximum absolute atomic E-state index is 6.02. The van der Waals surface area contributed by atoms with Crippen LogP contribution in [0, 0.1) is 0 Å². The molecule has 3 rings (SSSR count). The molecule has 1 saturated heterocycles. The van der Waals surface area contributed by atoms with Gasteiger partial charge in [0.15, 0.2) is 11.4 Å². The molecule has 1 fully saturated rings. The Kier molecular flexibility index (Phi) is 3.92. The maximum atomic E-state index is 6.02. The second kappa shape index (κ2) is 6.02. The van der Waals surface area contributed by atoms with E-state index in [-0.39, 0.29) is 0 Å². The summed E-state index contributed by atoms with van der Waals surface area (Å²) >= 11 is 0. The summed E-state index contributed by atoms with van der Waals surface area (Å²) in [5.41, 5.74) is 6.66. The van der Waals surface area contributed by atoms with Crippen molar-refractivity contribution < 1.29 is 4.74 Å². The van der Waals surface area contributed by atoms with Crippen LogP contribution in [0.25, 0.3) is 11.4 Å². The zero-order chi connectivity index (χ0) is 15.5. The number of aromatic nitrogens is 4. The molecule has 0 spiro atoms. The third-order valence-electron chi connectivity index (χ3n) is 3.47. The second-order valence-electron chi connectivity index (χ2n) is 4.85. The lowest BCUT2D eigenvalue weighted by Gasteiger charge is -2.28. The van der Waals surface area contributed by atoms with E-state index in [0.717, 1.165) is 32.0 Å². The average molecular weight is 301 g/mol. The minimum atomic E-state index is 0.304. The minimum absolute atomic E-state index is 0.304. The van der Waals surface area contributed by atoms with E-state index in [1.54, 1.807) is 6.08 Å². The summed E-state index contributed by atoms with van der Waals surface area (Å²) in [6, 6.07) is 1.89. The first kappa shape index (κ1) is 14.3.